The zero-order valence-corrected chi connectivity index (χ0v) is 10.2. The first kappa shape index (κ1) is 10.4. The van der Waals surface area contributed by atoms with Gasteiger partial charge < -0.3 is 4.42 Å². The zero-order chi connectivity index (χ0) is 11.0. The van der Waals surface area contributed by atoms with E-state index in [0.29, 0.717) is 5.76 Å². The van der Waals surface area contributed by atoms with Gasteiger partial charge in [0.1, 0.15) is 5.58 Å². The maximum atomic E-state index is 11.7. The summed E-state index contributed by atoms with van der Waals surface area (Å²) in [7, 11) is 0. The zero-order valence-electron chi connectivity index (χ0n) is 8.58. The molecule has 0 unspecified atom stereocenters. The smallest absolute Gasteiger partial charge is 0.200 e. The van der Waals surface area contributed by atoms with Crippen molar-refractivity contribution >= 4 is 32.7 Å². The van der Waals surface area contributed by atoms with Crippen molar-refractivity contribution in [3.8, 4) is 0 Å². The highest BCUT2D eigenvalue weighted by Gasteiger charge is 2.16. The standard InChI is InChI=1S/C12H11BrO2/c1-7(2)11(14)10-6-8-4-3-5-9(13)12(8)15-10/h3-7H,1-2H3. The minimum atomic E-state index is -0.0377. The second-order valence-electron chi connectivity index (χ2n) is 3.79. The van der Waals surface area contributed by atoms with Crippen LogP contribution in [-0.2, 0) is 0 Å². The third-order valence-corrected chi connectivity index (χ3v) is 2.89. The van der Waals surface area contributed by atoms with Crippen LogP contribution in [0.25, 0.3) is 11.0 Å². The minimum Gasteiger partial charge on any atom is -0.452 e. The average molecular weight is 267 g/mol. The molecule has 0 aliphatic carbocycles. The highest BCUT2D eigenvalue weighted by Crippen LogP contribution is 2.27. The Balaban J connectivity index is 2.57. The first-order valence-electron chi connectivity index (χ1n) is 4.82. The Kier molecular flexibility index (Phi) is 2.65. The highest BCUT2D eigenvalue weighted by molar-refractivity contribution is 9.10. The van der Waals surface area contributed by atoms with E-state index in [1.54, 1.807) is 6.07 Å². The largest absolute Gasteiger partial charge is 0.452 e. The summed E-state index contributed by atoms with van der Waals surface area (Å²) in [5.41, 5.74) is 0.738. The lowest BCUT2D eigenvalue weighted by Gasteiger charge is -1.98. The summed E-state index contributed by atoms with van der Waals surface area (Å²) in [6.45, 7) is 3.73. The number of Topliss-reactive ketones (excluding diaryl/α,β-unsaturated/α-hetero) is 1. The van der Waals surface area contributed by atoms with Crippen LogP contribution in [0.2, 0.25) is 0 Å². The molecule has 2 rings (SSSR count). The normalized spacial score (nSPS) is 11.2. The van der Waals surface area contributed by atoms with Crippen LogP contribution in [0.3, 0.4) is 0 Å². The number of rotatable bonds is 2. The minimum absolute atomic E-state index is 0.0377. The molecule has 0 saturated carbocycles. The fraction of sp³-hybridized carbons (Fsp3) is 0.250. The predicted octanol–water partition coefficient (Wildman–Crippen LogP) is 4.03. The van der Waals surface area contributed by atoms with Gasteiger partial charge in [-0.2, -0.15) is 0 Å². The molecule has 0 fully saturated rings. The molecule has 0 atom stereocenters. The van der Waals surface area contributed by atoms with Crippen LogP contribution in [0, 0.1) is 5.92 Å². The van der Waals surface area contributed by atoms with E-state index >= 15 is 0 Å². The number of fused-ring (bicyclic) bond motifs is 1. The first-order chi connectivity index (χ1) is 7.09. The number of carbonyl (C=O) groups excluding carboxylic acids is 1. The summed E-state index contributed by atoms with van der Waals surface area (Å²) in [4.78, 5) is 11.7. The van der Waals surface area contributed by atoms with Crippen molar-refractivity contribution < 1.29 is 9.21 Å². The molecule has 78 valence electrons. The molecule has 0 radical (unpaired) electrons. The van der Waals surface area contributed by atoms with Crippen LogP contribution in [-0.4, -0.2) is 5.78 Å². The van der Waals surface area contributed by atoms with E-state index in [9.17, 15) is 4.79 Å². The maximum Gasteiger partial charge on any atom is 0.200 e. The summed E-state index contributed by atoms with van der Waals surface area (Å²) in [6, 6.07) is 7.55. The SMILES string of the molecule is CC(C)C(=O)c1cc2cccc(Br)c2o1. The van der Waals surface area contributed by atoms with Gasteiger partial charge in [0.2, 0.25) is 5.78 Å². The number of hydrogen-bond acceptors (Lipinski definition) is 2. The Labute approximate surface area is 96.4 Å². The molecule has 1 aromatic heterocycles. The van der Waals surface area contributed by atoms with Crippen molar-refractivity contribution in [3.05, 3.63) is 34.5 Å². The molecule has 0 spiro atoms. The molecule has 0 aliphatic heterocycles. The molecule has 2 aromatic rings. The van der Waals surface area contributed by atoms with Crippen LogP contribution >= 0.6 is 15.9 Å². The molecule has 1 heterocycles. The first-order valence-corrected chi connectivity index (χ1v) is 5.61. The predicted molar refractivity (Wildman–Crippen MR) is 63.1 cm³/mol. The fourth-order valence-electron chi connectivity index (χ4n) is 1.43. The van der Waals surface area contributed by atoms with Gasteiger partial charge in [0, 0.05) is 11.3 Å². The number of benzene rings is 1. The Morgan fingerprint density at radius 2 is 2.13 bits per heavy atom. The van der Waals surface area contributed by atoms with Gasteiger partial charge >= 0.3 is 0 Å². The quantitative estimate of drug-likeness (QED) is 0.769. The van der Waals surface area contributed by atoms with Gasteiger partial charge in [0.25, 0.3) is 0 Å². The lowest BCUT2D eigenvalue weighted by molar-refractivity contribution is 0.0913. The van der Waals surface area contributed by atoms with Gasteiger partial charge in [-0.3, -0.25) is 4.79 Å². The van der Waals surface area contributed by atoms with Crippen molar-refractivity contribution in [1.82, 2.24) is 0 Å². The van der Waals surface area contributed by atoms with Crippen molar-refractivity contribution in [1.29, 1.82) is 0 Å². The van der Waals surface area contributed by atoms with Crippen LogP contribution in [0.1, 0.15) is 24.4 Å². The number of halogens is 1. The number of carbonyl (C=O) groups is 1. The maximum absolute atomic E-state index is 11.7. The van der Waals surface area contributed by atoms with Gasteiger partial charge in [-0.1, -0.05) is 26.0 Å². The number of furan rings is 1. The van der Waals surface area contributed by atoms with Gasteiger partial charge in [0.15, 0.2) is 5.76 Å². The van der Waals surface area contributed by atoms with Crippen molar-refractivity contribution in [2.24, 2.45) is 5.92 Å². The summed E-state index contributed by atoms with van der Waals surface area (Å²) in [5.74, 6) is 0.439. The molecule has 0 amide bonds. The van der Waals surface area contributed by atoms with E-state index in [1.807, 2.05) is 32.0 Å². The van der Waals surface area contributed by atoms with Crippen molar-refractivity contribution in [2.45, 2.75) is 13.8 Å². The van der Waals surface area contributed by atoms with Gasteiger partial charge in [-0.25, -0.2) is 0 Å². The van der Waals surface area contributed by atoms with Crippen LogP contribution < -0.4 is 0 Å². The van der Waals surface area contributed by atoms with Crippen LogP contribution in [0.15, 0.2) is 33.2 Å². The number of para-hydroxylation sites is 1. The average Bonchev–Trinajstić information content (AvgIpc) is 2.61. The summed E-state index contributed by atoms with van der Waals surface area (Å²) in [6.07, 6.45) is 0. The molecule has 0 bridgehead atoms. The third-order valence-electron chi connectivity index (χ3n) is 2.26. The molecule has 15 heavy (non-hydrogen) atoms. The van der Waals surface area contributed by atoms with E-state index in [4.69, 9.17) is 4.42 Å². The second kappa shape index (κ2) is 3.81. The van der Waals surface area contributed by atoms with Crippen LogP contribution in [0.4, 0.5) is 0 Å². The molecule has 0 aliphatic rings. The molecule has 0 N–H and O–H groups in total. The van der Waals surface area contributed by atoms with E-state index < -0.39 is 0 Å². The fourth-order valence-corrected chi connectivity index (χ4v) is 1.90. The Hall–Kier alpha value is -1.09. The second-order valence-corrected chi connectivity index (χ2v) is 4.64. The van der Waals surface area contributed by atoms with Gasteiger partial charge in [0.05, 0.1) is 4.47 Å². The lowest BCUT2D eigenvalue weighted by Crippen LogP contribution is -2.05. The lowest BCUT2D eigenvalue weighted by atomic mass is 10.1. The number of ketones is 1. The van der Waals surface area contributed by atoms with Crippen molar-refractivity contribution in [3.63, 3.8) is 0 Å². The Morgan fingerprint density at radius 1 is 1.40 bits per heavy atom. The summed E-state index contributed by atoms with van der Waals surface area (Å²) >= 11 is 3.39. The third kappa shape index (κ3) is 1.84. The van der Waals surface area contributed by atoms with E-state index in [-0.39, 0.29) is 11.7 Å². The Bertz CT molecular complexity index is 511. The molecular formula is C12H11BrO2. The summed E-state index contributed by atoms with van der Waals surface area (Å²) < 4.78 is 6.40. The Morgan fingerprint density at radius 3 is 2.73 bits per heavy atom. The highest BCUT2D eigenvalue weighted by atomic mass is 79.9. The number of hydrogen-bond donors (Lipinski definition) is 0. The van der Waals surface area contributed by atoms with Crippen LogP contribution in [0.5, 0.6) is 0 Å². The molecule has 3 heteroatoms. The summed E-state index contributed by atoms with van der Waals surface area (Å²) in [5, 5.41) is 0.952. The van der Waals surface area contributed by atoms with Gasteiger partial charge in [-0.15, -0.1) is 0 Å². The monoisotopic (exact) mass is 266 g/mol. The van der Waals surface area contributed by atoms with Crippen molar-refractivity contribution in [2.75, 3.05) is 0 Å². The molecule has 2 nitrogen and oxygen atoms in total. The van der Waals surface area contributed by atoms with Gasteiger partial charge in [-0.05, 0) is 28.1 Å². The van der Waals surface area contributed by atoms with E-state index in [0.717, 1.165) is 15.4 Å². The van der Waals surface area contributed by atoms with E-state index in [2.05, 4.69) is 15.9 Å². The van der Waals surface area contributed by atoms with E-state index in [1.165, 1.54) is 0 Å². The molecule has 0 saturated heterocycles. The molecular weight excluding hydrogens is 256 g/mol. The molecule has 1 aromatic carbocycles. The topological polar surface area (TPSA) is 30.2 Å².